The summed E-state index contributed by atoms with van der Waals surface area (Å²) < 4.78 is 21.6. The first-order valence-corrected chi connectivity index (χ1v) is 10.3. The first-order valence-electron chi connectivity index (χ1n) is 9.92. The maximum atomic E-state index is 14.5. The third-order valence-electron chi connectivity index (χ3n) is 5.66. The predicted molar refractivity (Wildman–Crippen MR) is 118 cm³/mol. The molecule has 0 aliphatic heterocycles. The molecule has 2 aromatic rings. The average Bonchev–Trinajstić information content (AvgIpc) is 2.71. The van der Waals surface area contributed by atoms with E-state index < -0.39 is 34.0 Å². The zero-order chi connectivity index (χ0) is 22.9. The standard InChI is InChI=1S/C23H25ClFNO5/c1-13(2)18(12-27)26-11-16(22(29)30)21(28)15-8-14(19(31-3)9-17(15)26)10-23(24)7-5-4-6-20(23)25/h4-9,11,13,18,20,27H,10,12H2,1-3H3,(H,29,30)/t18-,20?,23?/m1/s1. The zero-order valence-electron chi connectivity index (χ0n) is 17.5. The molecule has 0 spiro atoms. The number of carboxylic acid groups (broad SMARTS) is 1. The maximum absolute atomic E-state index is 14.5. The molecule has 2 N–H and O–H groups in total. The largest absolute Gasteiger partial charge is 0.496 e. The number of benzene rings is 1. The Hall–Kier alpha value is -2.64. The van der Waals surface area contributed by atoms with Gasteiger partial charge in [-0.05, 0) is 23.6 Å². The highest BCUT2D eigenvalue weighted by Crippen LogP contribution is 2.37. The lowest BCUT2D eigenvalue weighted by Gasteiger charge is -2.29. The van der Waals surface area contributed by atoms with Gasteiger partial charge in [-0.1, -0.05) is 32.1 Å². The van der Waals surface area contributed by atoms with Gasteiger partial charge in [-0.3, -0.25) is 4.79 Å². The first kappa shape index (κ1) is 23.0. The van der Waals surface area contributed by atoms with Crippen molar-refractivity contribution in [1.82, 2.24) is 4.57 Å². The van der Waals surface area contributed by atoms with Crippen molar-refractivity contribution in [3.05, 3.63) is 64.0 Å². The van der Waals surface area contributed by atoms with Gasteiger partial charge in [-0.2, -0.15) is 0 Å². The minimum Gasteiger partial charge on any atom is -0.496 e. The van der Waals surface area contributed by atoms with Crippen molar-refractivity contribution in [2.75, 3.05) is 13.7 Å². The Morgan fingerprint density at radius 1 is 1.35 bits per heavy atom. The molecule has 0 saturated carbocycles. The van der Waals surface area contributed by atoms with Gasteiger partial charge >= 0.3 is 5.97 Å². The van der Waals surface area contributed by atoms with Crippen molar-refractivity contribution in [3.8, 4) is 5.75 Å². The molecule has 3 rings (SSSR count). The van der Waals surface area contributed by atoms with Gasteiger partial charge in [-0.25, -0.2) is 9.18 Å². The van der Waals surface area contributed by atoms with Crippen LogP contribution in [0.2, 0.25) is 0 Å². The molecule has 0 radical (unpaired) electrons. The van der Waals surface area contributed by atoms with Crippen molar-refractivity contribution in [2.24, 2.45) is 5.92 Å². The van der Waals surface area contributed by atoms with Crippen LogP contribution >= 0.6 is 11.6 Å². The molecule has 0 amide bonds. The van der Waals surface area contributed by atoms with Crippen LogP contribution < -0.4 is 10.2 Å². The van der Waals surface area contributed by atoms with E-state index in [1.165, 1.54) is 25.4 Å². The summed E-state index contributed by atoms with van der Waals surface area (Å²) in [5.41, 5.74) is -0.179. The van der Waals surface area contributed by atoms with Gasteiger partial charge < -0.3 is 19.5 Å². The summed E-state index contributed by atoms with van der Waals surface area (Å²) in [4.78, 5) is 23.3. The Kier molecular flexibility index (Phi) is 6.57. The fourth-order valence-corrected chi connectivity index (χ4v) is 4.16. The van der Waals surface area contributed by atoms with E-state index in [4.69, 9.17) is 16.3 Å². The van der Waals surface area contributed by atoms with E-state index in [-0.39, 0.29) is 24.3 Å². The highest BCUT2D eigenvalue weighted by Gasteiger charge is 2.36. The lowest BCUT2D eigenvalue weighted by atomic mass is 9.89. The fourth-order valence-electron chi connectivity index (χ4n) is 3.87. The van der Waals surface area contributed by atoms with Crippen LogP contribution in [-0.4, -0.2) is 45.5 Å². The summed E-state index contributed by atoms with van der Waals surface area (Å²) in [6.45, 7) is 3.53. The molecule has 3 atom stereocenters. The lowest BCUT2D eigenvalue weighted by molar-refractivity contribution is 0.0694. The Bertz CT molecular complexity index is 1120. The number of allylic oxidation sites excluding steroid dienone is 4. The second-order valence-electron chi connectivity index (χ2n) is 8.01. The average molecular weight is 450 g/mol. The van der Waals surface area contributed by atoms with Gasteiger partial charge in [0.15, 0.2) is 0 Å². The second kappa shape index (κ2) is 8.85. The van der Waals surface area contributed by atoms with Crippen LogP contribution in [0.5, 0.6) is 5.75 Å². The summed E-state index contributed by atoms with van der Waals surface area (Å²) in [7, 11) is 1.45. The van der Waals surface area contributed by atoms with Crippen molar-refractivity contribution >= 4 is 28.5 Å². The molecule has 2 unspecified atom stereocenters. The number of aliphatic hydroxyl groups excluding tert-OH is 1. The Morgan fingerprint density at radius 3 is 2.61 bits per heavy atom. The summed E-state index contributed by atoms with van der Waals surface area (Å²) in [5, 5.41) is 19.6. The Morgan fingerprint density at radius 2 is 2.06 bits per heavy atom. The third kappa shape index (κ3) is 4.25. The molecule has 1 aromatic carbocycles. The highest BCUT2D eigenvalue weighted by atomic mass is 35.5. The van der Waals surface area contributed by atoms with Crippen LogP contribution in [0, 0.1) is 5.92 Å². The van der Waals surface area contributed by atoms with E-state index in [1.54, 1.807) is 28.9 Å². The van der Waals surface area contributed by atoms with E-state index >= 15 is 0 Å². The molecular formula is C23H25ClFNO5. The number of alkyl halides is 2. The van der Waals surface area contributed by atoms with E-state index in [9.17, 15) is 24.2 Å². The number of fused-ring (bicyclic) bond motifs is 1. The van der Waals surface area contributed by atoms with Crippen LogP contribution in [0.15, 0.2) is 47.4 Å². The fraction of sp³-hybridized carbons (Fsp3) is 0.391. The Labute approximate surface area is 184 Å². The van der Waals surface area contributed by atoms with Crippen molar-refractivity contribution in [1.29, 1.82) is 0 Å². The number of aliphatic hydroxyl groups is 1. The molecule has 8 heteroatoms. The van der Waals surface area contributed by atoms with Crippen molar-refractivity contribution in [3.63, 3.8) is 0 Å². The molecule has 1 heterocycles. The summed E-state index contributed by atoms with van der Waals surface area (Å²) in [6, 6.07) is 2.66. The van der Waals surface area contributed by atoms with E-state index in [0.717, 1.165) is 0 Å². The van der Waals surface area contributed by atoms with Gasteiger partial charge in [0.05, 0.1) is 25.3 Å². The number of hydrogen-bond donors (Lipinski definition) is 2. The monoisotopic (exact) mass is 449 g/mol. The van der Waals surface area contributed by atoms with Crippen LogP contribution in [-0.2, 0) is 6.42 Å². The number of carbonyl (C=O) groups is 1. The van der Waals surface area contributed by atoms with Crippen molar-refractivity contribution in [2.45, 2.75) is 37.4 Å². The molecular weight excluding hydrogens is 425 g/mol. The predicted octanol–water partition coefficient (Wildman–Crippen LogP) is 3.88. The number of pyridine rings is 1. The molecule has 166 valence electrons. The topological polar surface area (TPSA) is 88.8 Å². The van der Waals surface area contributed by atoms with Crippen LogP contribution in [0.25, 0.3) is 10.9 Å². The molecule has 1 aromatic heterocycles. The van der Waals surface area contributed by atoms with E-state index in [2.05, 4.69) is 0 Å². The molecule has 0 bridgehead atoms. The maximum Gasteiger partial charge on any atom is 0.341 e. The molecule has 0 saturated heterocycles. The smallest absolute Gasteiger partial charge is 0.341 e. The molecule has 1 aliphatic carbocycles. The second-order valence-corrected chi connectivity index (χ2v) is 8.71. The SMILES string of the molecule is COc1cc2c(cc1CC1(Cl)C=CC=CC1F)c(=O)c(C(=O)O)cn2[C@H](CO)C(C)C. The lowest BCUT2D eigenvalue weighted by Crippen LogP contribution is -2.34. The Balaban J connectivity index is 2.29. The number of ether oxygens (including phenoxy) is 1. The minimum absolute atomic E-state index is 0.0278. The highest BCUT2D eigenvalue weighted by molar-refractivity contribution is 6.26. The number of rotatable bonds is 7. The number of methoxy groups -OCH3 is 1. The van der Waals surface area contributed by atoms with E-state index in [0.29, 0.717) is 16.8 Å². The summed E-state index contributed by atoms with van der Waals surface area (Å²) in [6.07, 6.45) is 5.96. The van der Waals surface area contributed by atoms with Gasteiger partial charge in [0, 0.05) is 24.1 Å². The van der Waals surface area contributed by atoms with Gasteiger partial charge in [0.2, 0.25) is 5.43 Å². The third-order valence-corrected chi connectivity index (χ3v) is 6.13. The number of carboxylic acids is 1. The number of halogens is 2. The van der Waals surface area contributed by atoms with Gasteiger partial charge in [0.1, 0.15) is 22.4 Å². The number of hydrogen-bond acceptors (Lipinski definition) is 4. The normalized spacial score (nSPS) is 21.6. The van der Waals surface area contributed by atoms with Crippen LogP contribution in [0.1, 0.15) is 35.8 Å². The molecule has 0 fully saturated rings. The molecule has 1 aliphatic rings. The number of aromatic carboxylic acids is 1. The summed E-state index contributed by atoms with van der Waals surface area (Å²) in [5.74, 6) is -1.02. The van der Waals surface area contributed by atoms with Crippen LogP contribution in [0.3, 0.4) is 0 Å². The van der Waals surface area contributed by atoms with Crippen LogP contribution in [0.4, 0.5) is 4.39 Å². The summed E-state index contributed by atoms with van der Waals surface area (Å²) >= 11 is 6.53. The van der Waals surface area contributed by atoms with Gasteiger partial charge in [0.25, 0.3) is 0 Å². The zero-order valence-corrected chi connectivity index (χ0v) is 18.3. The number of aromatic nitrogens is 1. The van der Waals surface area contributed by atoms with E-state index in [1.807, 2.05) is 13.8 Å². The van der Waals surface area contributed by atoms with Crippen molar-refractivity contribution < 1.29 is 24.1 Å². The van der Waals surface area contributed by atoms with Gasteiger partial charge in [-0.15, -0.1) is 11.6 Å². The molecule has 6 nitrogen and oxygen atoms in total. The minimum atomic E-state index is -1.44. The first-order chi connectivity index (χ1) is 14.6. The molecule has 31 heavy (non-hydrogen) atoms. The quantitative estimate of drug-likeness (QED) is 0.626. The number of nitrogens with zero attached hydrogens (tertiary/aromatic N) is 1.